The SMILES string of the molecule is CC1(C)C=C(n2cc([N+](=O)[O-])cc([N+](=O)[O-])c2=O)c2cc(C#N)ccc2C1. The normalized spacial score (nSPS) is 14.6. The van der Waals surface area contributed by atoms with Crippen molar-refractivity contribution in [1.29, 1.82) is 5.26 Å². The summed E-state index contributed by atoms with van der Waals surface area (Å²) in [5.41, 5.74) is -0.779. The van der Waals surface area contributed by atoms with Gasteiger partial charge in [0.2, 0.25) is 0 Å². The molecule has 1 aromatic heterocycles. The molecule has 27 heavy (non-hydrogen) atoms. The summed E-state index contributed by atoms with van der Waals surface area (Å²) in [5.74, 6) is 0. The third-order valence-electron chi connectivity index (χ3n) is 4.34. The number of nitro groups is 2. The lowest BCUT2D eigenvalue weighted by atomic mass is 9.77. The van der Waals surface area contributed by atoms with Crippen LogP contribution >= 0.6 is 0 Å². The Morgan fingerprint density at radius 1 is 1.19 bits per heavy atom. The van der Waals surface area contributed by atoms with Crippen LogP contribution in [0.2, 0.25) is 0 Å². The van der Waals surface area contributed by atoms with Crippen molar-refractivity contribution in [3.8, 4) is 6.07 Å². The Balaban J connectivity index is 2.38. The van der Waals surface area contributed by atoms with Gasteiger partial charge in [-0.1, -0.05) is 26.0 Å². The van der Waals surface area contributed by atoms with Gasteiger partial charge in [0, 0.05) is 5.56 Å². The van der Waals surface area contributed by atoms with E-state index in [0.717, 1.165) is 16.3 Å². The fourth-order valence-electron chi connectivity index (χ4n) is 3.19. The molecule has 1 aliphatic rings. The minimum atomic E-state index is -0.970. The fourth-order valence-corrected chi connectivity index (χ4v) is 3.19. The van der Waals surface area contributed by atoms with Crippen LogP contribution in [0.3, 0.4) is 0 Å². The van der Waals surface area contributed by atoms with Crippen molar-refractivity contribution in [1.82, 2.24) is 4.57 Å². The number of fused-ring (bicyclic) bond motifs is 1. The van der Waals surface area contributed by atoms with E-state index >= 15 is 0 Å². The van der Waals surface area contributed by atoms with Gasteiger partial charge in [-0.3, -0.25) is 29.6 Å². The molecule has 9 nitrogen and oxygen atoms in total. The number of benzene rings is 1. The average Bonchev–Trinajstić information content (AvgIpc) is 2.59. The maximum atomic E-state index is 12.7. The number of nitriles is 1. The van der Waals surface area contributed by atoms with Crippen molar-refractivity contribution in [3.63, 3.8) is 0 Å². The third-order valence-corrected chi connectivity index (χ3v) is 4.34. The van der Waals surface area contributed by atoms with Gasteiger partial charge in [0.05, 0.1) is 33.4 Å². The van der Waals surface area contributed by atoms with Crippen LogP contribution in [0.1, 0.15) is 30.5 Å². The van der Waals surface area contributed by atoms with E-state index in [-0.39, 0.29) is 5.70 Å². The second kappa shape index (κ2) is 6.17. The van der Waals surface area contributed by atoms with Crippen molar-refractivity contribution < 1.29 is 9.85 Å². The van der Waals surface area contributed by atoms with Crippen molar-refractivity contribution in [2.24, 2.45) is 5.41 Å². The highest BCUT2D eigenvalue weighted by atomic mass is 16.6. The van der Waals surface area contributed by atoms with Crippen molar-refractivity contribution in [2.75, 3.05) is 0 Å². The predicted molar refractivity (Wildman–Crippen MR) is 96.0 cm³/mol. The standard InChI is InChI=1S/C18H14N4O5/c1-18(2)7-12-4-3-11(9-19)5-14(12)16(8-18)20-10-13(21(24)25)6-15(17(20)23)22(26)27/h3-6,8,10H,7H2,1-2H3. The second-order valence-electron chi connectivity index (χ2n) is 6.95. The highest BCUT2D eigenvalue weighted by Crippen LogP contribution is 2.37. The smallest absolute Gasteiger partial charge is 0.271 e. The molecule has 0 aliphatic heterocycles. The van der Waals surface area contributed by atoms with Crippen molar-refractivity contribution in [2.45, 2.75) is 20.3 Å². The minimum Gasteiger partial charge on any atom is -0.271 e. The lowest BCUT2D eigenvalue weighted by Crippen LogP contribution is -2.27. The molecule has 1 aliphatic carbocycles. The molecular weight excluding hydrogens is 352 g/mol. The number of aromatic nitrogens is 1. The van der Waals surface area contributed by atoms with Crippen LogP contribution in [0.4, 0.5) is 11.4 Å². The summed E-state index contributed by atoms with van der Waals surface area (Å²) in [4.78, 5) is 33.3. The van der Waals surface area contributed by atoms with E-state index in [2.05, 4.69) is 0 Å². The first kappa shape index (κ1) is 18.0. The number of hydrogen-bond acceptors (Lipinski definition) is 6. The molecule has 0 atom stereocenters. The Bertz CT molecular complexity index is 1120. The molecule has 9 heteroatoms. The van der Waals surface area contributed by atoms with Gasteiger partial charge < -0.3 is 0 Å². The van der Waals surface area contributed by atoms with E-state index < -0.39 is 32.2 Å². The van der Waals surface area contributed by atoms with E-state index in [9.17, 15) is 30.3 Å². The van der Waals surface area contributed by atoms with Gasteiger partial charge in [0.25, 0.3) is 5.69 Å². The zero-order valence-electron chi connectivity index (χ0n) is 14.5. The summed E-state index contributed by atoms with van der Waals surface area (Å²) >= 11 is 0. The van der Waals surface area contributed by atoms with Gasteiger partial charge >= 0.3 is 11.2 Å². The molecule has 0 radical (unpaired) electrons. The molecule has 0 fully saturated rings. The van der Waals surface area contributed by atoms with Crippen LogP contribution in [0.15, 0.2) is 41.3 Å². The summed E-state index contributed by atoms with van der Waals surface area (Å²) in [6, 6.07) is 7.65. The molecule has 1 aromatic carbocycles. The summed E-state index contributed by atoms with van der Waals surface area (Å²) in [7, 11) is 0. The topological polar surface area (TPSA) is 132 Å². The third kappa shape index (κ3) is 3.20. The van der Waals surface area contributed by atoms with E-state index in [4.69, 9.17) is 0 Å². The Hall–Kier alpha value is -3.80. The van der Waals surface area contributed by atoms with Crippen LogP contribution < -0.4 is 5.56 Å². The summed E-state index contributed by atoms with van der Waals surface area (Å²) in [6.45, 7) is 3.84. The van der Waals surface area contributed by atoms with Crippen molar-refractivity contribution >= 4 is 17.1 Å². The quantitative estimate of drug-likeness (QED) is 0.606. The maximum absolute atomic E-state index is 12.7. The molecule has 0 saturated heterocycles. The molecule has 0 saturated carbocycles. The molecule has 3 rings (SSSR count). The largest absolute Gasteiger partial charge is 0.341 e. The number of pyridine rings is 1. The molecule has 1 heterocycles. The van der Waals surface area contributed by atoms with Crippen LogP contribution in [0.5, 0.6) is 0 Å². The summed E-state index contributed by atoms with van der Waals surface area (Å²) < 4.78 is 0.928. The van der Waals surface area contributed by atoms with E-state index in [1.165, 1.54) is 0 Å². The summed E-state index contributed by atoms with van der Waals surface area (Å²) in [6.07, 6.45) is 3.35. The van der Waals surface area contributed by atoms with Gasteiger partial charge in [-0.05, 0) is 29.5 Å². The highest BCUT2D eigenvalue weighted by molar-refractivity contribution is 5.73. The molecular formula is C18H14N4O5. The first-order valence-corrected chi connectivity index (χ1v) is 7.95. The Kier molecular flexibility index (Phi) is 4.12. The molecule has 0 amide bonds. The zero-order chi connectivity index (χ0) is 19.9. The van der Waals surface area contributed by atoms with Gasteiger partial charge in [-0.25, -0.2) is 0 Å². The summed E-state index contributed by atoms with van der Waals surface area (Å²) in [5, 5.41) is 31.6. The van der Waals surface area contributed by atoms with Crippen LogP contribution in [0.25, 0.3) is 5.70 Å². The van der Waals surface area contributed by atoms with E-state index in [0.29, 0.717) is 23.6 Å². The Morgan fingerprint density at radius 3 is 2.48 bits per heavy atom. The first-order valence-electron chi connectivity index (χ1n) is 7.95. The number of hydrogen-bond donors (Lipinski definition) is 0. The molecule has 136 valence electrons. The Morgan fingerprint density at radius 2 is 1.89 bits per heavy atom. The van der Waals surface area contributed by atoms with E-state index in [1.807, 2.05) is 19.9 Å². The van der Waals surface area contributed by atoms with Gasteiger partial charge in [0.1, 0.15) is 6.07 Å². The second-order valence-corrected chi connectivity index (χ2v) is 6.95. The molecule has 0 unspecified atom stereocenters. The Labute approximate surface area is 153 Å². The van der Waals surface area contributed by atoms with Crippen molar-refractivity contribution in [3.05, 3.63) is 83.8 Å². The van der Waals surface area contributed by atoms with Crippen LogP contribution in [-0.4, -0.2) is 14.4 Å². The molecule has 0 spiro atoms. The van der Waals surface area contributed by atoms with Gasteiger partial charge in [-0.15, -0.1) is 0 Å². The van der Waals surface area contributed by atoms with E-state index in [1.54, 1.807) is 24.3 Å². The highest BCUT2D eigenvalue weighted by Gasteiger charge is 2.30. The molecule has 0 bridgehead atoms. The minimum absolute atomic E-state index is 0.287. The van der Waals surface area contributed by atoms with Gasteiger partial charge in [0.15, 0.2) is 0 Å². The number of nitrogens with zero attached hydrogens (tertiary/aromatic N) is 4. The lowest BCUT2D eigenvalue weighted by molar-refractivity contribution is -0.395. The first-order chi connectivity index (χ1) is 12.6. The van der Waals surface area contributed by atoms with Crippen LogP contribution in [-0.2, 0) is 6.42 Å². The monoisotopic (exact) mass is 366 g/mol. The predicted octanol–water partition coefficient (Wildman–Crippen LogP) is 3.01. The number of allylic oxidation sites excluding steroid dienone is 1. The van der Waals surface area contributed by atoms with Crippen LogP contribution in [0, 0.1) is 37.0 Å². The molecule has 2 aromatic rings. The zero-order valence-corrected chi connectivity index (χ0v) is 14.5. The lowest BCUT2D eigenvalue weighted by Gasteiger charge is -2.30. The fraction of sp³-hybridized carbons (Fsp3) is 0.222. The average molecular weight is 366 g/mol. The molecule has 0 N–H and O–H groups in total. The maximum Gasteiger partial charge on any atom is 0.341 e. The van der Waals surface area contributed by atoms with Gasteiger partial charge in [-0.2, -0.15) is 5.26 Å². The number of rotatable bonds is 3.